The first-order valence-corrected chi connectivity index (χ1v) is 4.38. The summed E-state index contributed by atoms with van der Waals surface area (Å²) >= 11 is 0. The van der Waals surface area contributed by atoms with Crippen LogP contribution in [-0.2, 0) is 0 Å². The highest BCUT2D eigenvalue weighted by Crippen LogP contribution is 2.32. The lowest BCUT2D eigenvalue weighted by atomic mass is 9.94. The smallest absolute Gasteiger partial charge is 0.133 e. The van der Waals surface area contributed by atoms with Gasteiger partial charge in [0.1, 0.15) is 17.9 Å². The summed E-state index contributed by atoms with van der Waals surface area (Å²) in [5.41, 5.74) is 6.66. The first-order chi connectivity index (χ1) is 6.16. The molecule has 4 nitrogen and oxygen atoms in total. The molecule has 1 aromatic rings. The second-order valence-electron chi connectivity index (χ2n) is 3.47. The summed E-state index contributed by atoms with van der Waals surface area (Å²) in [5.74, 6) is 1.53. The minimum Gasteiger partial charge on any atom is -0.384 e. The summed E-state index contributed by atoms with van der Waals surface area (Å²) in [6, 6.07) is 3.75. The monoisotopic (exact) mass is 179 g/mol. The molecule has 2 heterocycles. The van der Waals surface area contributed by atoms with Crippen LogP contribution in [0.3, 0.4) is 0 Å². The van der Waals surface area contributed by atoms with E-state index in [0.717, 1.165) is 12.0 Å². The number of fused-ring (bicyclic) bond motifs is 1. The molecule has 13 heavy (non-hydrogen) atoms. The summed E-state index contributed by atoms with van der Waals surface area (Å²) < 4.78 is 0. The maximum Gasteiger partial charge on any atom is 0.133 e. The van der Waals surface area contributed by atoms with Gasteiger partial charge < -0.3 is 16.2 Å². The molecule has 0 spiro atoms. The van der Waals surface area contributed by atoms with Crippen LogP contribution in [0.25, 0.3) is 0 Å². The number of pyridine rings is 1. The molecular weight excluding hydrogens is 166 g/mol. The van der Waals surface area contributed by atoms with E-state index in [0.29, 0.717) is 17.6 Å². The van der Waals surface area contributed by atoms with Gasteiger partial charge in [-0.25, -0.2) is 4.98 Å². The number of aromatic nitrogens is 1. The molecule has 0 radical (unpaired) electrons. The fourth-order valence-corrected chi connectivity index (χ4v) is 1.68. The van der Waals surface area contributed by atoms with Gasteiger partial charge in [-0.15, -0.1) is 0 Å². The minimum atomic E-state index is -0.503. The van der Waals surface area contributed by atoms with E-state index in [4.69, 9.17) is 5.73 Å². The van der Waals surface area contributed by atoms with Gasteiger partial charge >= 0.3 is 0 Å². The Bertz CT molecular complexity index is 327. The van der Waals surface area contributed by atoms with Crippen LogP contribution in [0.4, 0.5) is 11.6 Å². The number of nitrogen functional groups attached to an aromatic ring is 1. The minimum absolute atomic E-state index is 0.333. The van der Waals surface area contributed by atoms with Crippen molar-refractivity contribution in [3.05, 3.63) is 17.7 Å². The molecule has 0 saturated carbocycles. The molecular formula is C9H13N3O. The van der Waals surface area contributed by atoms with E-state index < -0.39 is 6.23 Å². The number of hydrogen-bond donors (Lipinski definition) is 3. The van der Waals surface area contributed by atoms with Crippen LogP contribution in [-0.4, -0.2) is 16.3 Å². The molecule has 0 fully saturated rings. The van der Waals surface area contributed by atoms with Gasteiger partial charge in [0.2, 0.25) is 0 Å². The van der Waals surface area contributed by atoms with Crippen LogP contribution in [0.5, 0.6) is 0 Å². The van der Waals surface area contributed by atoms with Crippen LogP contribution < -0.4 is 11.1 Å². The molecule has 2 atom stereocenters. The fourth-order valence-electron chi connectivity index (χ4n) is 1.68. The summed E-state index contributed by atoms with van der Waals surface area (Å²) in [4.78, 5) is 4.12. The molecule has 0 bridgehead atoms. The highest BCUT2D eigenvalue weighted by molar-refractivity contribution is 5.53. The molecule has 0 aromatic carbocycles. The van der Waals surface area contributed by atoms with Crippen molar-refractivity contribution in [2.75, 3.05) is 11.1 Å². The average molecular weight is 179 g/mol. The van der Waals surface area contributed by atoms with Crippen LogP contribution >= 0.6 is 0 Å². The molecule has 70 valence electrons. The first-order valence-electron chi connectivity index (χ1n) is 4.38. The van der Waals surface area contributed by atoms with E-state index >= 15 is 0 Å². The van der Waals surface area contributed by atoms with Crippen molar-refractivity contribution in [1.29, 1.82) is 0 Å². The second-order valence-corrected chi connectivity index (χ2v) is 3.47. The largest absolute Gasteiger partial charge is 0.384 e. The number of aliphatic hydroxyl groups is 1. The van der Waals surface area contributed by atoms with E-state index in [1.807, 2.05) is 6.07 Å². The normalized spacial score (nSPS) is 26.3. The van der Waals surface area contributed by atoms with Crippen molar-refractivity contribution in [3.63, 3.8) is 0 Å². The molecule has 0 saturated heterocycles. The predicted molar refractivity (Wildman–Crippen MR) is 51.3 cm³/mol. The van der Waals surface area contributed by atoms with Crippen LogP contribution in [0.15, 0.2) is 12.1 Å². The zero-order valence-electron chi connectivity index (χ0n) is 7.49. The molecule has 4 N–H and O–H groups in total. The molecule has 0 unspecified atom stereocenters. The molecule has 1 aromatic heterocycles. The van der Waals surface area contributed by atoms with E-state index in [-0.39, 0.29) is 0 Å². The van der Waals surface area contributed by atoms with Crippen molar-refractivity contribution in [2.24, 2.45) is 0 Å². The van der Waals surface area contributed by atoms with E-state index in [1.54, 1.807) is 6.07 Å². The maximum absolute atomic E-state index is 9.43. The number of nitrogens with one attached hydrogen (secondary N) is 1. The van der Waals surface area contributed by atoms with E-state index in [9.17, 15) is 5.11 Å². The second kappa shape index (κ2) is 2.88. The van der Waals surface area contributed by atoms with Crippen LogP contribution in [0, 0.1) is 0 Å². The first kappa shape index (κ1) is 8.31. The van der Waals surface area contributed by atoms with Gasteiger partial charge in [-0.05, 0) is 24.0 Å². The van der Waals surface area contributed by atoms with Crippen LogP contribution in [0.1, 0.15) is 24.8 Å². The molecule has 1 aliphatic heterocycles. The quantitative estimate of drug-likeness (QED) is 0.553. The lowest BCUT2D eigenvalue weighted by Gasteiger charge is -2.27. The zero-order valence-corrected chi connectivity index (χ0v) is 7.49. The third-order valence-corrected chi connectivity index (χ3v) is 2.36. The number of rotatable bonds is 0. The number of nitrogens with zero attached hydrogens (tertiary/aromatic N) is 1. The Balaban J connectivity index is 2.43. The Morgan fingerprint density at radius 3 is 3.15 bits per heavy atom. The standard InChI is InChI=1S/C9H13N3O/c1-5-4-8(13)12-9-6(5)2-3-7(10)11-9/h2-3,5,8,13H,4H2,1H3,(H3,10,11,12)/t5-,8-/m1/s1. The van der Waals surface area contributed by atoms with Crippen molar-refractivity contribution in [2.45, 2.75) is 25.5 Å². The Morgan fingerprint density at radius 1 is 1.62 bits per heavy atom. The van der Waals surface area contributed by atoms with Crippen molar-refractivity contribution >= 4 is 11.6 Å². The molecule has 2 rings (SSSR count). The topological polar surface area (TPSA) is 71.2 Å². The van der Waals surface area contributed by atoms with Gasteiger partial charge in [0.15, 0.2) is 0 Å². The third-order valence-electron chi connectivity index (χ3n) is 2.36. The van der Waals surface area contributed by atoms with Gasteiger partial charge in [0.25, 0.3) is 0 Å². The summed E-state index contributed by atoms with van der Waals surface area (Å²) in [6.07, 6.45) is 0.218. The van der Waals surface area contributed by atoms with Crippen LogP contribution in [0.2, 0.25) is 0 Å². The van der Waals surface area contributed by atoms with E-state index in [2.05, 4.69) is 17.2 Å². The van der Waals surface area contributed by atoms with Gasteiger partial charge in [-0.1, -0.05) is 13.0 Å². The lowest BCUT2D eigenvalue weighted by molar-refractivity contribution is 0.179. The summed E-state index contributed by atoms with van der Waals surface area (Å²) in [6.45, 7) is 2.07. The number of aliphatic hydroxyl groups excluding tert-OH is 1. The highest BCUT2D eigenvalue weighted by Gasteiger charge is 2.22. The number of nitrogens with two attached hydrogens (primary N) is 1. The predicted octanol–water partition coefficient (Wildman–Crippen LogP) is 0.901. The van der Waals surface area contributed by atoms with Crippen molar-refractivity contribution < 1.29 is 5.11 Å². The molecule has 1 aliphatic rings. The Labute approximate surface area is 76.8 Å². The molecule has 4 heteroatoms. The number of anilines is 2. The summed E-state index contributed by atoms with van der Waals surface area (Å²) in [7, 11) is 0. The fraction of sp³-hybridized carbons (Fsp3) is 0.444. The Hall–Kier alpha value is -1.29. The van der Waals surface area contributed by atoms with Gasteiger partial charge in [0, 0.05) is 0 Å². The SMILES string of the molecule is C[C@@H]1C[C@@H](O)Nc2nc(N)ccc21. The van der Waals surface area contributed by atoms with E-state index in [1.165, 1.54) is 0 Å². The molecule has 0 aliphatic carbocycles. The van der Waals surface area contributed by atoms with Gasteiger partial charge in [-0.2, -0.15) is 0 Å². The number of hydrogen-bond acceptors (Lipinski definition) is 4. The van der Waals surface area contributed by atoms with Crippen molar-refractivity contribution in [1.82, 2.24) is 4.98 Å². The third kappa shape index (κ3) is 1.45. The lowest BCUT2D eigenvalue weighted by Crippen LogP contribution is -2.27. The molecule has 0 amide bonds. The van der Waals surface area contributed by atoms with Crippen molar-refractivity contribution in [3.8, 4) is 0 Å². The van der Waals surface area contributed by atoms with Gasteiger partial charge in [0.05, 0.1) is 0 Å². The Kier molecular flexibility index (Phi) is 1.84. The Morgan fingerprint density at radius 2 is 2.38 bits per heavy atom. The van der Waals surface area contributed by atoms with Gasteiger partial charge in [-0.3, -0.25) is 0 Å². The maximum atomic E-state index is 9.43. The summed E-state index contributed by atoms with van der Waals surface area (Å²) in [5, 5.41) is 12.3. The highest BCUT2D eigenvalue weighted by atomic mass is 16.3. The average Bonchev–Trinajstić information content (AvgIpc) is 2.02. The zero-order chi connectivity index (χ0) is 9.42.